The average Bonchev–Trinajstić information content (AvgIpc) is 2.62. The third-order valence-electron chi connectivity index (χ3n) is 2.57. The summed E-state index contributed by atoms with van der Waals surface area (Å²) >= 11 is 0. The summed E-state index contributed by atoms with van der Waals surface area (Å²) in [5.41, 5.74) is -0.0647. The molecular weight excluding hydrogens is 262 g/mol. The molecule has 2 amide bonds. The fraction of sp³-hybridized carbons (Fsp3) is 0.357. The first kappa shape index (κ1) is 14.2. The van der Waals surface area contributed by atoms with Gasteiger partial charge in [0.1, 0.15) is 6.61 Å². The van der Waals surface area contributed by atoms with E-state index in [9.17, 15) is 14.4 Å². The van der Waals surface area contributed by atoms with Crippen LogP contribution in [0, 0.1) is 0 Å². The predicted octanol–water partition coefficient (Wildman–Crippen LogP) is 1.56. The van der Waals surface area contributed by atoms with Crippen molar-refractivity contribution < 1.29 is 24.0 Å². The Bertz CT molecular complexity index is 538. The minimum Gasteiger partial charge on any atom is -0.364 e. The van der Waals surface area contributed by atoms with Crippen LogP contribution in [0.15, 0.2) is 24.3 Å². The fourth-order valence-electron chi connectivity index (χ4n) is 1.65. The molecule has 0 bridgehead atoms. The Labute approximate surface area is 116 Å². The molecule has 0 saturated heterocycles. The maximum atomic E-state index is 11.9. The summed E-state index contributed by atoms with van der Waals surface area (Å²) in [5, 5.41) is 0.471. The number of hydroxylamine groups is 2. The molecule has 1 heterocycles. The summed E-state index contributed by atoms with van der Waals surface area (Å²) in [5.74, 6) is -2.08. The molecule has 6 nitrogen and oxygen atoms in total. The molecule has 1 aromatic carbocycles. The molecule has 20 heavy (non-hydrogen) atoms. The van der Waals surface area contributed by atoms with Gasteiger partial charge in [0.05, 0.1) is 16.7 Å². The number of fused-ring (bicyclic) bond motifs is 1. The first-order chi connectivity index (χ1) is 9.29. The molecule has 0 spiro atoms. The molecule has 0 aromatic heterocycles. The van der Waals surface area contributed by atoms with Gasteiger partial charge >= 0.3 is 5.97 Å². The number of benzene rings is 1. The molecule has 0 unspecified atom stereocenters. The van der Waals surface area contributed by atoms with E-state index in [0.717, 1.165) is 0 Å². The molecule has 0 N–H and O–H groups in total. The van der Waals surface area contributed by atoms with Crippen molar-refractivity contribution in [3.05, 3.63) is 35.4 Å². The van der Waals surface area contributed by atoms with Crippen LogP contribution in [0.3, 0.4) is 0 Å². The first-order valence-electron chi connectivity index (χ1n) is 6.12. The van der Waals surface area contributed by atoms with Gasteiger partial charge in [0.25, 0.3) is 11.8 Å². The molecule has 2 rings (SSSR count). The number of imide groups is 1. The van der Waals surface area contributed by atoms with E-state index in [1.165, 1.54) is 12.1 Å². The molecule has 1 aliphatic heterocycles. The summed E-state index contributed by atoms with van der Waals surface area (Å²) in [6.45, 7) is 5.00. The Hall–Kier alpha value is -2.21. The molecule has 106 valence electrons. The lowest BCUT2D eigenvalue weighted by Crippen LogP contribution is -2.35. The van der Waals surface area contributed by atoms with Crippen LogP contribution < -0.4 is 0 Å². The lowest BCUT2D eigenvalue weighted by atomic mass is 10.1. The van der Waals surface area contributed by atoms with E-state index in [1.807, 2.05) is 0 Å². The molecule has 6 heteroatoms. The lowest BCUT2D eigenvalue weighted by Gasteiger charge is -2.19. The van der Waals surface area contributed by atoms with E-state index in [0.29, 0.717) is 5.06 Å². The number of hydrogen-bond donors (Lipinski definition) is 0. The number of nitrogens with zero attached hydrogens (tertiary/aromatic N) is 1. The Balaban J connectivity index is 2.04. The highest BCUT2D eigenvalue weighted by atomic mass is 16.7. The highest BCUT2D eigenvalue weighted by molar-refractivity contribution is 6.20. The second kappa shape index (κ2) is 5.05. The van der Waals surface area contributed by atoms with E-state index in [2.05, 4.69) is 0 Å². The Morgan fingerprint density at radius 3 is 2.05 bits per heavy atom. The summed E-state index contributed by atoms with van der Waals surface area (Å²) < 4.78 is 5.23. The quantitative estimate of drug-likeness (QED) is 0.784. The third kappa shape index (κ3) is 2.85. The predicted molar refractivity (Wildman–Crippen MR) is 68.7 cm³/mol. The van der Waals surface area contributed by atoms with Crippen molar-refractivity contribution in [3.63, 3.8) is 0 Å². The van der Waals surface area contributed by atoms with Gasteiger partial charge < -0.3 is 9.57 Å². The molecule has 0 atom stereocenters. The first-order valence-corrected chi connectivity index (χ1v) is 6.12. The van der Waals surface area contributed by atoms with E-state index >= 15 is 0 Å². The van der Waals surface area contributed by atoms with Crippen LogP contribution in [-0.2, 0) is 14.4 Å². The second-order valence-corrected chi connectivity index (χ2v) is 5.31. The van der Waals surface area contributed by atoms with E-state index in [-0.39, 0.29) is 17.7 Å². The number of amides is 2. The summed E-state index contributed by atoms with van der Waals surface area (Å²) in [4.78, 5) is 40.2. The summed E-state index contributed by atoms with van der Waals surface area (Å²) in [7, 11) is 0. The molecule has 1 aliphatic rings. The topological polar surface area (TPSA) is 72.9 Å². The second-order valence-electron chi connectivity index (χ2n) is 5.31. The molecule has 0 saturated carbocycles. The molecular formula is C14H15NO5. The summed E-state index contributed by atoms with van der Waals surface area (Å²) in [6.07, 6.45) is 0. The highest BCUT2D eigenvalue weighted by Crippen LogP contribution is 2.22. The van der Waals surface area contributed by atoms with Crippen molar-refractivity contribution in [2.75, 3.05) is 6.61 Å². The molecule has 1 aromatic rings. The number of ether oxygens (including phenoxy) is 1. The van der Waals surface area contributed by atoms with Gasteiger partial charge in [-0.15, -0.1) is 0 Å². The normalized spacial score (nSPS) is 14.4. The van der Waals surface area contributed by atoms with Crippen molar-refractivity contribution in [1.29, 1.82) is 0 Å². The van der Waals surface area contributed by atoms with E-state index < -0.39 is 23.4 Å². The van der Waals surface area contributed by atoms with Crippen LogP contribution in [0.25, 0.3) is 0 Å². The zero-order chi connectivity index (χ0) is 14.9. The minimum atomic E-state index is -0.797. The number of carbonyl (C=O) groups excluding carboxylic acids is 3. The standard InChI is InChI=1S/C14H15NO5/c1-14(2,3)19-8-11(16)20-15-12(17)9-6-4-5-7-10(9)13(15)18/h4-7H,8H2,1-3H3. The molecule has 0 aliphatic carbocycles. The van der Waals surface area contributed by atoms with E-state index in [4.69, 9.17) is 9.57 Å². The Kier molecular flexibility index (Phi) is 3.59. The van der Waals surface area contributed by atoms with E-state index in [1.54, 1.807) is 32.9 Å². The van der Waals surface area contributed by atoms with Crippen LogP contribution in [-0.4, -0.2) is 35.1 Å². The van der Waals surface area contributed by atoms with Crippen LogP contribution in [0.5, 0.6) is 0 Å². The van der Waals surface area contributed by atoms with Crippen molar-refractivity contribution in [3.8, 4) is 0 Å². The van der Waals surface area contributed by atoms with Gasteiger partial charge in [-0.3, -0.25) is 9.59 Å². The average molecular weight is 277 g/mol. The van der Waals surface area contributed by atoms with Gasteiger partial charge in [-0.25, -0.2) is 4.79 Å². The zero-order valence-corrected chi connectivity index (χ0v) is 11.5. The third-order valence-corrected chi connectivity index (χ3v) is 2.57. The van der Waals surface area contributed by atoms with Gasteiger partial charge in [-0.2, -0.15) is 0 Å². The summed E-state index contributed by atoms with van der Waals surface area (Å²) in [6, 6.07) is 6.29. The van der Waals surface area contributed by atoms with Crippen molar-refractivity contribution in [2.45, 2.75) is 26.4 Å². The Morgan fingerprint density at radius 1 is 1.10 bits per heavy atom. The van der Waals surface area contributed by atoms with Gasteiger partial charge in [-0.1, -0.05) is 17.2 Å². The number of carbonyl (C=O) groups is 3. The van der Waals surface area contributed by atoms with Gasteiger partial charge in [0.2, 0.25) is 0 Å². The van der Waals surface area contributed by atoms with Crippen molar-refractivity contribution in [1.82, 2.24) is 5.06 Å². The maximum Gasteiger partial charge on any atom is 0.358 e. The molecule has 0 radical (unpaired) electrons. The van der Waals surface area contributed by atoms with Crippen LogP contribution in [0.4, 0.5) is 0 Å². The maximum absolute atomic E-state index is 11.9. The van der Waals surface area contributed by atoms with Crippen LogP contribution in [0.2, 0.25) is 0 Å². The van der Waals surface area contributed by atoms with Gasteiger partial charge in [0.15, 0.2) is 0 Å². The monoisotopic (exact) mass is 277 g/mol. The van der Waals surface area contributed by atoms with Gasteiger partial charge in [0, 0.05) is 0 Å². The number of hydrogen-bond acceptors (Lipinski definition) is 5. The number of rotatable bonds is 3. The van der Waals surface area contributed by atoms with Crippen LogP contribution >= 0.6 is 0 Å². The minimum absolute atomic E-state index is 0.224. The fourth-order valence-corrected chi connectivity index (χ4v) is 1.65. The largest absolute Gasteiger partial charge is 0.364 e. The Morgan fingerprint density at radius 2 is 1.60 bits per heavy atom. The van der Waals surface area contributed by atoms with Crippen LogP contribution in [0.1, 0.15) is 41.5 Å². The lowest BCUT2D eigenvalue weighted by molar-refractivity contribution is -0.177. The molecule has 0 fully saturated rings. The van der Waals surface area contributed by atoms with Crippen molar-refractivity contribution in [2.24, 2.45) is 0 Å². The van der Waals surface area contributed by atoms with Gasteiger partial charge in [-0.05, 0) is 32.9 Å². The highest BCUT2D eigenvalue weighted by Gasteiger charge is 2.38. The smallest absolute Gasteiger partial charge is 0.358 e. The van der Waals surface area contributed by atoms with Crippen molar-refractivity contribution >= 4 is 17.8 Å². The SMILES string of the molecule is CC(C)(C)OCC(=O)ON1C(=O)c2ccccc2C1=O. The zero-order valence-electron chi connectivity index (χ0n) is 11.5.